The molecule has 0 unspecified atom stereocenters. The van der Waals surface area contributed by atoms with Gasteiger partial charge in [-0.05, 0) is 46.7 Å². The molecule has 0 atom stereocenters. The second-order valence-corrected chi connectivity index (χ2v) is 11.9. The fraction of sp³-hybridized carbons (Fsp3) is 0. The quantitative estimate of drug-likeness (QED) is 0.200. The van der Waals surface area contributed by atoms with Gasteiger partial charge in [0.25, 0.3) is 6.71 Å². The predicted octanol–water partition coefficient (Wildman–Crippen LogP) is 7.75. The van der Waals surface area contributed by atoms with E-state index in [-0.39, 0.29) is 6.71 Å². The van der Waals surface area contributed by atoms with Crippen molar-refractivity contribution in [2.75, 3.05) is 0 Å². The third-order valence-electron chi connectivity index (χ3n) is 8.88. The summed E-state index contributed by atoms with van der Waals surface area (Å²) in [5.74, 6) is 1.93. The average molecular weight is 525 g/mol. The molecule has 2 aliphatic heterocycles. The number of thiophene rings is 1. The van der Waals surface area contributed by atoms with E-state index in [0.717, 1.165) is 17.1 Å². The summed E-state index contributed by atoms with van der Waals surface area (Å²) in [6.45, 7) is 0.108. The van der Waals surface area contributed by atoms with Gasteiger partial charge >= 0.3 is 0 Å². The third kappa shape index (κ3) is 2.51. The highest BCUT2D eigenvalue weighted by molar-refractivity contribution is 7.26. The van der Waals surface area contributed by atoms with Crippen LogP contribution in [0.3, 0.4) is 0 Å². The van der Waals surface area contributed by atoms with Gasteiger partial charge in [-0.15, -0.1) is 11.3 Å². The summed E-state index contributed by atoms with van der Waals surface area (Å²) in [4.78, 5) is 0. The van der Waals surface area contributed by atoms with Crippen LogP contribution < -0.4 is 21.1 Å². The molecule has 2 nitrogen and oxygen atoms in total. The lowest BCUT2D eigenvalue weighted by atomic mass is 9.34. The van der Waals surface area contributed by atoms with Crippen molar-refractivity contribution < 1.29 is 4.74 Å². The second-order valence-electron chi connectivity index (χ2n) is 10.8. The molecular formula is C36H20BNOS. The van der Waals surface area contributed by atoms with Gasteiger partial charge in [0.15, 0.2) is 0 Å². The maximum atomic E-state index is 6.96. The Morgan fingerprint density at radius 2 is 1.32 bits per heavy atom. The fourth-order valence-electron chi connectivity index (χ4n) is 7.27. The van der Waals surface area contributed by atoms with Crippen molar-refractivity contribution in [1.29, 1.82) is 0 Å². The van der Waals surface area contributed by atoms with E-state index in [0.29, 0.717) is 0 Å². The van der Waals surface area contributed by atoms with E-state index in [1.54, 1.807) is 0 Å². The predicted molar refractivity (Wildman–Crippen MR) is 170 cm³/mol. The van der Waals surface area contributed by atoms with E-state index in [1.165, 1.54) is 69.6 Å². The fourth-order valence-corrected chi connectivity index (χ4v) is 8.50. The summed E-state index contributed by atoms with van der Waals surface area (Å²) in [5.41, 5.74) is 10.00. The summed E-state index contributed by atoms with van der Waals surface area (Å²) < 4.78 is 12.0. The number of ether oxygens (including phenoxy) is 1. The number of fused-ring (bicyclic) bond motifs is 11. The topological polar surface area (TPSA) is 14.2 Å². The average Bonchev–Trinajstić information content (AvgIpc) is 3.56. The van der Waals surface area contributed by atoms with Crippen molar-refractivity contribution in [3.05, 3.63) is 121 Å². The van der Waals surface area contributed by atoms with E-state index < -0.39 is 0 Å². The highest BCUT2D eigenvalue weighted by atomic mass is 32.1. The largest absolute Gasteiger partial charge is 0.458 e. The molecule has 0 fully saturated rings. The Morgan fingerprint density at radius 3 is 2.30 bits per heavy atom. The van der Waals surface area contributed by atoms with Crippen molar-refractivity contribution in [2.24, 2.45) is 0 Å². The van der Waals surface area contributed by atoms with Crippen molar-refractivity contribution in [3.63, 3.8) is 0 Å². The van der Waals surface area contributed by atoms with Gasteiger partial charge in [-0.3, -0.25) is 0 Å². The van der Waals surface area contributed by atoms with Crippen LogP contribution in [0.4, 0.5) is 0 Å². The van der Waals surface area contributed by atoms with Gasteiger partial charge in [-0.2, -0.15) is 0 Å². The van der Waals surface area contributed by atoms with Gasteiger partial charge in [0, 0.05) is 47.8 Å². The molecule has 10 rings (SSSR count). The molecule has 6 aromatic carbocycles. The lowest BCUT2D eigenvalue weighted by Gasteiger charge is -2.33. The highest BCUT2D eigenvalue weighted by Crippen LogP contribution is 2.45. The molecule has 184 valence electrons. The van der Waals surface area contributed by atoms with Crippen LogP contribution in [0.1, 0.15) is 0 Å². The minimum absolute atomic E-state index is 0.108. The molecule has 0 saturated heterocycles. The second kappa shape index (κ2) is 7.44. The Balaban J connectivity index is 1.31. The van der Waals surface area contributed by atoms with Gasteiger partial charge in [0.05, 0.1) is 11.0 Å². The Morgan fingerprint density at radius 1 is 0.575 bits per heavy atom. The number of nitrogens with zero attached hydrogens (tertiary/aromatic N) is 1. The van der Waals surface area contributed by atoms with Crippen molar-refractivity contribution in [1.82, 2.24) is 4.57 Å². The first kappa shape index (κ1) is 21.1. The van der Waals surface area contributed by atoms with Crippen LogP contribution in [0.5, 0.6) is 11.5 Å². The van der Waals surface area contributed by atoms with Crippen LogP contribution >= 0.6 is 11.3 Å². The first-order valence-corrected chi connectivity index (χ1v) is 14.6. The summed E-state index contributed by atoms with van der Waals surface area (Å²) in [5, 5.41) is 5.19. The molecule has 8 aromatic rings. The molecule has 0 aliphatic carbocycles. The van der Waals surface area contributed by atoms with Crippen LogP contribution in [-0.4, -0.2) is 11.3 Å². The van der Waals surface area contributed by atoms with Crippen LogP contribution in [0.25, 0.3) is 58.8 Å². The molecule has 0 amide bonds. The van der Waals surface area contributed by atoms with E-state index in [4.69, 9.17) is 4.74 Å². The van der Waals surface area contributed by atoms with Gasteiger partial charge < -0.3 is 9.30 Å². The maximum Gasteiger partial charge on any atom is 0.256 e. The van der Waals surface area contributed by atoms with Gasteiger partial charge in [-0.25, -0.2) is 0 Å². The van der Waals surface area contributed by atoms with Crippen molar-refractivity contribution in [2.45, 2.75) is 0 Å². The van der Waals surface area contributed by atoms with Crippen molar-refractivity contribution >= 4 is 76.4 Å². The van der Waals surface area contributed by atoms with Crippen LogP contribution in [0.15, 0.2) is 121 Å². The lowest BCUT2D eigenvalue weighted by Crippen LogP contribution is -2.58. The third-order valence-corrected chi connectivity index (χ3v) is 10.1. The van der Waals surface area contributed by atoms with Crippen LogP contribution in [-0.2, 0) is 0 Å². The molecule has 0 bridgehead atoms. The molecule has 0 radical (unpaired) electrons. The summed E-state index contributed by atoms with van der Waals surface area (Å²) in [7, 11) is 0. The SMILES string of the molecule is c1ccc2c(c1)B1c3cccc(-c4cccc5c4sc4ccccc45)c3Oc3ccc4c5ccccc5n-2c4c31. The first-order chi connectivity index (χ1) is 19.9. The zero-order valence-electron chi connectivity index (χ0n) is 21.4. The summed E-state index contributed by atoms with van der Waals surface area (Å²) in [6, 6.07) is 44.2. The summed E-state index contributed by atoms with van der Waals surface area (Å²) >= 11 is 1.87. The van der Waals surface area contributed by atoms with E-state index in [9.17, 15) is 0 Å². The molecule has 4 heterocycles. The first-order valence-electron chi connectivity index (χ1n) is 13.7. The zero-order valence-corrected chi connectivity index (χ0v) is 22.2. The van der Waals surface area contributed by atoms with E-state index in [2.05, 4.69) is 126 Å². The van der Waals surface area contributed by atoms with Gasteiger partial charge in [0.1, 0.15) is 11.5 Å². The van der Waals surface area contributed by atoms with Crippen LogP contribution in [0, 0.1) is 0 Å². The molecule has 0 spiro atoms. The van der Waals surface area contributed by atoms with Crippen molar-refractivity contribution in [3.8, 4) is 28.3 Å². The molecule has 2 aromatic heterocycles. The van der Waals surface area contributed by atoms with Gasteiger partial charge in [-0.1, -0.05) is 91.0 Å². The molecule has 0 N–H and O–H groups in total. The minimum Gasteiger partial charge on any atom is -0.458 e. The molecule has 4 heteroatoms. The Bertz CT molecular complexity index is 2380. The normalized spacial score (nSPS) is 13.2. The molecule has 2 aliphatic rings. The lowest BCUT2D eigenvalue weighted by molar-refractivity contribution is 0.490. The number of rotatable bonds is 1. The molecule has 40 heavy (non-hydrogen) atoms. The Labute approximate surface area is 234 Å². The number of para-hydroxylation sites is 3. The summed E-state index contributed by atoms with van der Waals surface area (Å²) in [6.07, 6.45) is 0. The standard InChI is InChI=1S/C36H20BNOS/c1-4-16-29-21(9-1)23-19-20-31-33-34(23)38(29)30-17-5-3-14-27(30)37(33)28-15-8-11-24(35(28)39-31)26-13-7-12-25-22-10-2-6-18-32(22)40-36(25)26/h1-20H. The Hall–Kier alpha value is -4.80. The molecular weight excluding hydrogens is 505 g/mol. The highest BCUT2D eigenvalue weighted by Gasteiger charge is 2.41. The monoisotopic (exact) mass is 525 g/mol. The Kier molecular flexibility index (Phi) is 3.92. The van der Waals surface area contributed by atoms with Gasteiger partial charge in [0.2, 0.25) is 0 Å². The number of hydrogen-bond acceptors (Lipinski definition) is 2. The zero-order chi connectivity index (χ0) is 25.9. The number of hydrogen-bond donors (Lipinski definition) is 0. The smallest absolute Gasteiger partial charge is 0.256 e. The van der Waals surface area contributed by atoms with Crippen LogP contribution in [0.2, 0.25) is 0 Å². The van der Waals surface area contributed by atoms with E-state index >= 15 is 0 Å². The maximum absolute atomic E-state index is 6.96. The molecule has 0 saturated carbocycles. The minimum atomic E-state index is 0.108. The van der Waals surface area contributed by atoms with E-state index in [1.807, 2.05) is 11.3 Å². The number of benzene rings is 6. The number of aromatic nitrogens is 1.